The summed E-state index contributed by atoms with van der Waals surface area (Å²) in [6.45, 7) is 6.66. The maximum absolute atomic E-state index is 4.68. The van der Waals surface area contributed by atoms with Crippen LogP contribution in [0.1, 0.15) is 26.3 Å². The number of hydrogen-bond donors (Lipinski definition) is 0. The molecule has 0 fully saturated rings. The van der Waals surface area contributed by atoms with Gasteiger partial charge in [0.15, 0.2) is 0 Å². The lowest BCUT2D eigenvalue weighted by Gasteiger charge is -2.19. The van der Waals surface area contributed by atoms with Gasteiger partial charge in [-0.05, 0) is 33.0 Å². The standard InChI is InChI=1S/C16H15BrN2S/c1-16(2,3)11-6-4-10(5-7-11)13-9-18-15-12(19-13)8-14(17)20-15/h4-9H,1-3H3. The SMILES string of the molecule is CC(C)(C)c1ccc(-c2cnc3sc(Br)cc3n2)cc1. The normalized spacial score (nSPS) is 12.0. The van der Waals surface area contributed by atoms with Crippen molar-refractivity contribution < 1.29 is 0 Å². The van der Waals surface area contributed by atoms with E-state index >= 15 is 0 Å². The second-order valence-electron chi connectivity index (χ2n) is 5.82. The summed E-state index contributed by atoms with van der Waals surface area (Å²) in [5.41, 5.74) is 4.47. The van der Waals surface area contributed by atoms with Crippen LogP contribution in [0.5, 0.6) is 0 Å². The Labute approximate surface area is 131 Å². The molecule has 0 unspecified atom stereocenters. The Morgan fingerprint density at radius 3 is 2.45 bits per heavy atom. The molecule has 102 valence electrons. The lowest BCUT2D eigenvalue weighted by Crippen LogP contribution is -2.10. The Kier molecular flexibility index (Phi) is 3.38. The van der Waals surface area contributed by atoms with Gasteiger partial charge in [0.1, 0.15) is 10.3 Å². The molecule has 2 nitrogen and oxygen atoms in total. The van der Waals surface area contributed by atoms with Gasteiger partial charge in [-0.25, -0.2) is 9.97 Å². The van der Waals surface area contributed by atoms with E-state index < -0.39 is 0 Å². The summed E-state index contributed by atoms with van der Waals surface area (Å²) in [6.07, 6.45) is 1.84. The molecule has 0 aliphatic rings. The fraction of sp³-hybridized carbons (Fsp3) is 0.250. The molecule has 0 radical (unpaired) electrons. The second kappa shape index (κ2) is 4.93. The van der Waals surface area contributed by atoms with Gasteiger partial charge >= 0.3 is 0 Å². The van der Waals surface area contributed by atoms with Gasteiger partial charge in [-0.3, -0.25) is 0 Å². The number of halogens is 1. The zero-order chi connectivity index (χ0) is 14.3. The van der Waals surface area contributed by atoms with Gasteiger partial charge in [0.05, 0.1) is 15.7 Å². The van der Waals surface area contributed by atoms with E-state index in [1.54, 1.807) is 11.3 Å². The van der Waals surface area contributed by atoms with Crippen LogP contribution in [0.4, 0.5) is 0 Å². The molecule has 20 heavy (non-hydrogen) atoms. The van der Waals surface area contributed by atoms with Crippen molar-refractivity contribution in [3.63, 3.8) is 0 Å². The molecule has 2 heterocycles. The lowest BCUT2D eigenvalue weighted by molar-refractivity contribution is 0.590. The van der Waals surface area contributed by atoms with E-state index in [9.17, 15) is 0 Å². The molecule has 0 atom stereocenters. The highest BCUT2D eigenvalue weighted by atomic mass is 79.9. The minimum atomic E-state index is 0.173. The van der Waals surface area contributed by atoms with Crippen molar-refractivity contribution in [1.29, 1.82) is 0 Å². The predicted octanol–water partition coefficient (Wildman–Crippen LogP) is 5.42. The molecular formula is C16H15BrN2S. The molecule has 0 spiro atoms. The third-order valence-electron chi connectivity index (χ3n) is 3.26. The van der Waals surface area contributed by atoms with Crippen molar-refractivity contribution in [3.8, 4) is 11.3 Å². The van der Waals surface area contributed by atoms with E-state index in [0.717, 1.165) is 25.4 Å². The number of benzene rings is 1. The average molecular weight is 347 g/mol. The maximum atomic E-state index is 4.68. The highest BCUT2D eigenvalue weighted by molar-refractivity contribution is 9.11. The largest absolute Gasteiger partial charge is 0.244 e. The molecule has 0 saturated carbocycles. The average Bonchev–Trinajstić information content (AvgIpc) is 2.77. The summed E-state index contributed by atoms with van der Waals surface area (Å²) in [6, 6.07) is 10.6. The smallest absolute Gasteiger partial charge is 0.142 e. The van der Waals surface area contributed by atoms with Gasteiger partial charge in [0.25, 0.3) is 0 Å². The van der Waals surface area contributed by atoms with Gasteiger partial charge in [-0.2, -0.15) is 0 Å². The Bertz CT molecular complexity index is 754. The number of fused-ring (bicyclic) bond motifs is 1. The summed E-state index contributed by atoms with van der Waals surface area (Å²) in [5.74, 6) is 0. The van der Waals surface area contributed by atoms with Gasteiger partial charge in [-0.15, -0.1) is 11.3 Å². The molecule has 0 saturated heterocycles. The van der Waals surface area contributed by atoms with Gasteiger partial charge in [-0.1, -0.05) is 45.0 Å². The highest BCUT2D eigenvalue weighted by Crippen LogP contribution is 2.29. The van der Waals surface area contributed by atoms with Crippen LogP contribution in [0.15, 0.2) is 40.3 Å². The highest BCUT2D eigenvalue weighted by Gasteiger charge is 2.13. The zero-order valence-corrected chi connectivity index (χ0v) is 14.0. The van der Waals surface area contributed by atoms with E-state index in [2.05, 4.69) is 70.9 Å². The van der Waals surface area contributed by atoms with Crippen LogP contribution in [0.3, 0.4) is 0 Å². The number of thiophene rings is 1. The molecule has 0 aliphatic carbocycles. The summed E-state index contributed by atoms with van der Waals surface area (Å²) in [7, 11) is 0. The summed E-state index contributed by atoms with van der Waals surface area (Å²) < 4.78 is 1.06. The Hall–Kier alpha value is -1.26. The summed E-state index contributed by atoms with van der Waals surface area (Å²) >= 11 is 5.08. The topological polar surface area (TPSA) is 25.8 Å². The quantitative estimate of drug-likeness (QED) is 0.587. The number of aromatic nitrogens is 2. The first kappa shape index (κ1) is 13.7. The zero-order valence-electron chi connectivity index (χ0n) is 11.6. The van der Waals surface area contributed by atoms with E-state index in [-0.39, 0.29) is 5.41 Å². The van der Waals surface area contributed by atoms with Crippen molar-refractivity contribution in [2.24, 2.45) is 0 Å². The Morgan fingerprint density at radius 2 is 1.80 bits per heavy atom. The summed E-state index contributed by atoms with van der Waals surface area (Å²) in [4.78, 5) is 10.1. The number of rotatable bonds is 1. The van der Waals surface area contributed by atoms with E-state index in [0.29, 0.717) is 0 Å². The van der Waals surface area contributed by atoms with Crippen molar-refractivity contribution >= 4 is 37.6 Å². The summed E-state index contributed by atoms with van der Waals surface area (Å²) in [5, 5.41) is 0. The first-order chi connectivity index (χ1) is 9.43. The molecule has 2 aromatic heterocycles. The third kappa shape index (κ3) is 2.63. The Balaban J connectivity index is 2.02. The molecule has 4 heteroatoms. The van der Waals surface area contributed by atoms with Crippen LogP contribution in [-0.2, 0) is 5.41 Å². The number of nitrogens with zero attached hydrogens (tertiary/aromatic N) is 2. The van der Waals surface area contributed by atoms with Crippen molar-refractivity contribution in [2.45, 2.75) is 26.2 Å². The molecule has 0 amide bonds. The van der Waals surface area contributed by atoms with Crippen LogP contribution >= 0.6 is 27.3 Å². The van der Waals surface area contributed by atoms with Gasteiger partial charge < -0.3 is 0 Å². The first-order valence-corrected chi connectivity index (χ1v) is 8.07. The van der Waals surface area contributed by atoms with E-state index in [4.69, 9.17) is 0 Å². The van der Waals surface area contributed by atoms with Crippen LogP contribution in [0.2, 0.25) is 0 Å². The van der Waals surface area contributed by atoms with Crippen LogP contribution in [0.25, 0.3) is 21.6 Å². The van der Waals surface area contributed by atoms with Crippen LogP contribution < -0.4 is 0 Å². The van der Waals surface area contributed by atoms with Crippen molar-refractivity contribution in [2.75, 3.05) is 0 Å². The molecule has 0 bridgehead atoms. The van der Waals surface area contributed by atoms with Crippen LogP contribution in [0, 0.1) is 0 Å². The molecule has 0 aliphatic heterocycles. The van der Waals surface area contributed by atoms with Crippen molar-refractivity contribution in [3.05, 3.63) is 45.9 Å². The first-order valence-electron chi connectivity index (χ1n) is 6.46. The fourth-order valence-corrected chi connectivity index (χ4v) is 3.42. The maximum Gasteiger partial charge on any atom is 0.142 e. The molecule has 1 aromatic carbocycles. The van der Waals surface area contributed by atoms with Gasteiger partial charge in [0.2, 0.25) is 0 Å². The Morgan fingerprint density at radius 1 is 1.10 bits per heavy atom. The van der Waals surface area contributed by atoms with E-state index in [1.807, 2.05) is 12.3 Å². The molecule has 3 rings (SSSR count). The predicted molar refractivity (Wildman–Crippen MR) is 89.3 cm³/mol. The molecule has 0 N–H and O–H groups in total. The van der Waals surface area contributed by atoms with Crippen molar-refractivity contribution in [1.82, 2.24) is 9.97 Å². The van der Waals surface area contributed by atoms with Gasteiger partial charge in [0, 0.05) is 5.56 Å². The molecule has 3 aromatic rings. The fourth-order valence-electron chi connectivity index (χ4n) is 2.07. The molecular weight excluding hydrogens is 332 g/mol. The second-order valence-corrected chi connectivity index (χ2v) is 8.23. The minimum absolute atomic E-state index is 0.173. The monoisotopic (exact) mass is 346 g/mol. The lowest BCUT2D eigenvalue weighted by atomic mass is 9.86. The third-order valence-corrected chi connectivity index (χ3v) is 4.79. The number of hydrogen-bond acceptors (Lipinski definition) is 3. The minimum Gasteiger partial charge on any atom is -0.244 e. The van der Waals surface area contributed by atoms with E-state index in [1.165, 1.54) is 5.56 Å². The van der Waals surface area contributed by atoms with Crippen LogP contribution in [-0.4, -0.2) is 9.97 Å².